The summed E-state index contributed by atoms with van der Waals surface area (Å²) in [6.07, 6.45) is 6.30. The van der Waals surface area contributed by atoms with Crippen molar-refractivity contribution in [1.82, 2.24) is 20.7 Å². The average molecular weight is 425 g/mol. The lowest BCUT2D eigenvalue weighted by molar-refractivity contribution is -0.123. The lowest BCUT2D eigenvalue weighted by Crippen LogP contribution is -2.28. The lowest BCUT2D eigenvalue weighted by Gasteiger charge is -2.06. The zero-order valence-corrected chi connectivity index (χ0v) is 16.7. The summed E-state index contributed by atoms with van der Waals surface area (Å²) in [5.74, 6) is 0.869. The molecule has 0 unspecified atom stereocenters. The highest BCUT2D eigenvalue weighted by atomic mass is 32.2. The van der Waals surface area contributed by atoms with Crippen LogP contribution < -0.4 is 15.5 Å². The number of carbonyl (C=O) groups is 2. The van der Waals surface area contributed by atoms with Gasteiger partial charge >= 0.3 is 0 Å². The smallest absolute Gasteiger partial charge is 0.258 e. The Kier molecular flexibility index (Phi) is 7.98. The van der Waals surface area contributed by atoms with E-state index in [9.17, 15) is 9.59 Å². The molecule has 0 bridgehead atoms. The number of aromatic nitrogens is 2. The number of ether oxygens (including phenoxy) is 1. The number of thioether (sulfide) groups is 1. The second-order valence-electron chi connectivity index (χ2n) is 5.83. The molecule has 154 valence electrons. The molecule has 0 aliphatic rings. The minimum absolute atomic E-state index is 0.104. The first-order valence-corrected chi connectivity index (χ1v) is 9.91. The van der Waals surface area contributed by atoms with Crippen LogP contribution in [0.3, 0.4) is 0 Å². The van der Waals surface area contributed by atoms with Crippen molar-refractivity contribution in [3.05, 3.63) is 72.4 Å². The van der Waals surface area contributed by atoms with Crippen LogP contribution >= 0.6 is 11.8 Å². The standard InChI is InChI=1S/C20H19N5O4S/c26-18(23-12-17-3-1-10-28-17)13-29-16-6-4-15(5-7-16)11-24-25-19(27)14-30-20-21-8-2-9-22-20/h1-11H,12-14H2,(H,23,26)(H,25,27)/b24-11+. The second kappa shape index (κ2) is 11.4. The Morgan fingerprint density at radius 3 is 2.63 bits per heavy atom. The Bertz CT molecular complexity index is 963. The zero-order valence-electron chi connectivity index (χ0n) is 15.9. The molecule has 1 aromatic carbocycles. The van der Waals surface area contributed by atoms with Crippen LogP contribution in [-0.4, -0.2) is 40.4 Å². The molecule has 0 saturated heterocycles. The second-order valence-corrected chi connectivity index (χ2v) is 6.77. The summed E-state index contributed by atoms with van der Waals surface area (Å²) in [7, 11) is 0. The highest BCUT2D eigenvalue weighted by Crippen LogP contribution is 2.11. The fraction of sp³-hybridized carbons (Fsp3) is 0.150. The zero-order chi connectivity index (χ0) is 21.0. The third kappa shape index (κ3) is 7.40. The fourth-order valence-corrected chi connectivity index (χ4v) is 2.75. The molecule has 0 atom stereocenters. The van der Waals surface area contributed by atoms with E-state index in [2.05, 4.69) is 25.8 Å². The Balaban J connectivity index is 1.35. The van der Waals surface area contributed by atoms with Gasteiger partial charge in [0.05, 0.1) is 24.8 Å². The largest absolute Gasteiger partial charge is 0.484 e. The van der Waals surface area contributed by atoms with E-state index in [0.717, 1.165) is 5.56 Å². The third-order valence-corrected chi connectivity index (χ3v) is 4.44. The van der Waals surface area contributed by atoms with Crippen LogP contribution in [0.5, 0.6) is 5.75 Å². The van der Waals surface area contributed by atoms with Gasteiger partial charge in [0.2, 0.25) is 0 Å². The van der Waals surface area contributed by atoms with Crippen LogP contribution in [0, 0.1) is 0 Å². The maximum Gasteiger partial charge on any atom is 0.258 e. The maximum atomic E-state index is 11.8. The van der Waals surface area contributed by atoms with Gasteiger partial charge in [-0.2, -0.15) is 5.10 Å². The van der Waals surface area contributed by atoms with Crippen molar-refractivity contribution in [1.29, 1.82) is 0 Å². The highest BCUT2D eigenvalue weighted by molar-refractivity contribution is 7.99. The van der Waals surface area contributed by atoms with Gasteiger partial charge in [-0.3, -0.25) is 9.59 Å². The number of nitrogens with zero attached hydrogens (tertiary/aromatic N) is 3. The van der Waals surface area contributed by atoms with Gasteiger partial charge in [-0.25, -0.2) is 15.4 Å². The van der Waals surface area contributed by atoms with Crippen LogP contribution in [0.15, 0.2) is 75.8 Å². The Morgan fingerprint density at radius 2 is 1.90 bits per heavy atom. The molecule has 3 rings (SSSR count). The van der Waals surface area contributed by atoms with Crippen LogP contribution in [-0.2, 0) is 16.1 Å². The van der Waals surface area contributed by atoms with E-state index in [4.69, 9.17) is 9.15 Å². The van der Waals surface area contributed by atoms with Gasteiger partial charge in [0.1, 0.15) is 11.5 Å². The van der Waals surface area contributed by atoms with Crippen molar-refractivity contribution < 1.29 is 18.7 Å². The van der Waals surface area contributed by atoms with E-state index in [1.807, 2.05) is 0 Å². The maximum absolute atomic E-state index is 11.8. The number of hydrogen-bond donors (Lipinski definition) is 2. The Morgan fingerprint density at radius 1 is 1.10 bits per heavy atom. The molecule has 2 aromatic heterocycles. The van der Waals surface area contributed by atoms with Crippen LogP contribution in [0.2, 0.25) is 0 Å². The van der Waals surface area contributed by atoms with E-state index < -0.39 is 0 Å². The summed E-state index contributed by atoms with van der Waals surface area (Å²) < 4.78 is 10.6. The molecule has 0 radical (unpaired) electrons. The molecule has 9 nitrogen and oxygen atoms in total. The van der Waals surface area contributed by atoms with Crippen molar-refractivity contribution in [3.8, 4) is 5.75 Å². The van der Waals surface area contributed by atoms with Crippen molar-refractivity contribution >= 4 is 29.8 Å². The molecule has 2 amide bonds. The Hall–Kier alpha value is -3.66. The minimum Gasteiger partial charge on any atom is -0.484 e. The SMILES string of the molecule is O=C(COc1ccc(/C=N/NC(=O)CSc2ncccn2)cc1)NCc1ccco1. The van der Waals surface area contributed by atoms with Gasteiger partial charge in [0.25, 0.3) is 11.8 Å². The molecule has 0 spiro atoms. The molecule has 0 saturated carbocycles. The van der Waals surface area contributed by atoms with Crippen molar-refractivity contribution in [2.24, 2.45) is 5.10 Å². The van der Waals surface area contributed by atoms with Crippen molar-refractivity contribution in [2.45, 2.75) is 11.7 Å². The van der Waals surface area contributed by atoms with E-state index in [-0.39, 0.29) is 24.2 Å². The van der Waals surface area contributed by atoms with Crippen molar-refractivity contribution in [3.63, 3.8) is 0 Å². The van der Waals surface area contributed by atoms with Gasteiger partial charge in [-0.05, 0) is 48.0 Å². The predicted molar refractivity (Wildman–Crippen MR) is 111 cm³/mol. The predicted octanol–water partition coefficient (Wildman–Crippen LogP) is 2.01. The summed E-state index contributed by atoms with van der Waals surface area (Å²) in [6.45, 7) is 0.209. The first-order chi connectivity index (χ1) is 14.7. The summed E-state index contributed by atoms with van der Waals surface area (Å²) in [4.78, 5) is 31.6. The van der Waals surface area contributed by atoms with E-state index in [1.54, 1.807) is 61.1 Å². The molecule has 0 aliphatic carbocycles. The van der Waals surface area contributed by atoms with E-state index >= 15 is 0 Å². The molecule has 0 fully saturated rings. The molecule has 3 aromatic rings. The van der Waals surface area contributed by atoms with Gasteiger partial charge in [-0.1, -0.05) is 11.8 Å². The highest BCUT2D eigenvalue weighted by Gasteiger charge is 2.05. The molecule has 2 heterocycles. The molecule has 10 heteroatoms. The summed E-state index contributed by atoms with van der Waals surface area (Å²) in [5, 5.41) is 7.14. The average Bonchev–Trinajstić information content (AvgIpc) is 3.30. The number of nitrogens with one attached hydrogen (secondary N) is 2. The number of benzene rings is 1. The van der Waals surface area contributed by atoms with Gasteiger partial charge in [0.15, 0.2) is 11.8 Å². The number of hydrazone groups is 1. The van der Waals surface area contributed by atoms with Crippen LogP contribution in [0.1, 0.15) is 11.3 Å². The number of carbonyl (C=O) groups excluding carboxylic acids is 2. The first-order valence-electron chi connectivity index (χ1n) is 8.93. The Labute approximate surface area is 176 Å². The molecular weight excluding hydrogens is 406 g/mol. The normalized spacial score (nSPS) is 10.7. The topological polar surface area (TPSA) is 119 Å². The number of rotatable bonds is 10. The van der Waals surface area contributed by atoms with Crippen LogP contribution in [0.25, 0.3) is 0 Å². The minimum atomic E-state index is -0.260. The molecular formula is C20H19N5O4S. The number of amides is 2. The molecule has 30 heavy (non-hydrogen) atoms. The summed E-state index contributed by atoms with van der Waals surface area (Å²) in [6, 6.07) is 12.2. The van der Waals surface area contributed by atoms with Gasteiger partial charge in [-0.15, -0.1) is 0 Å². The number of furan rings is 1. The monoisotopic (exact) mass is 425 g/mol. The molecule has 2 N–H and O–H groups in total. The van der Waals surface area contributed by atoms with E-state index in [1.165, 1.54) is 18.0 Å². The van der Waals surface area contributed by atoms with E-state index in [0.29, 0.717) is 23.2 Å². The fourth-order valence-electron chi connectivity index (χ4n) is 2.15. The van der Waals surface area contributed by atoms with Crippen molar-refractivity contribution in [2.75, 3.05) is 12.4 Å². The molecule has 0 aliphatic heterocycles. The number of hydrogen-bond acceptors (Lipinski definition) is 8. The summed E-state index contributed by atoms with van der Waals surface area (Å²) >= 11 is 1.22. The quantitative estimate of drug-likeness (QED) is 0.221. The van der Waals surface area contributed by atoms with Crippen LogP contribution in [0.4, 0.5) is 0 Å². The van der Waals surface area contributed by atoms with Gasteiger partial charge < -0.3 is 14.5 Å². The lowest BCUT2D eigenvalue weighted by atomic mass is 10.2. The third-order valence-electron chi connectivity index (χ3n) is 3.57. The summed E-state index contributed by atoms with van der Waals surface area (Å²) in [5.41, 5.74) is 3.21. The van der Waals surface area contributed by atoms with Gasteiger partial charge in [0, 0.05) is 12.4 Å². The first kappa shape index (κ1) is 21.1.